The smallest absolute Gasteiger partial charge is 0.323 e. The van der Waals surface area contributed by atoms with Crippen molar-refractivity contribution in [2.24, 2.45) is 0 Å². The number of carbonyl (C=O) groups is 2. The summed E-state index contributed by atoms with van der Waals surface area (Å²) in [5.74, 6) is -2.68. The molecule has 104 valence electrons. The summed E-state index contributed by atoms with van der Waals surface area (Å²) in [7, 11) is -3.50. The minimum absolute atomic E-state index is 0.363. The number of aliphatic carboxylic acids is 1. The van der Waals surface area contributed by atoms with E-state index in [2.05, 4.69) is 0 Å². The Kier molecular flexibility index (Phi) is 4.66. The molecule has 0 aliphatic rings. The molecular weight excluding hydrogens is 270 g/mol. The molecule has 0 saturated heterocycles. The van der Waals surface area contributed by atoms with Crippen LogP contribution < -0.4 is 4.90 Å². The third kappa shape index (κ3) is 5.09. The average molecular weight is 285 g/mol. The molecule has 0 atom stereocenters. The van der Waals surface area contributed by atoms with Gasteiger partial charge < -0.3 is 10.0 Å². The van der Waals surface area contributed by atoms with Crippen LogP contribution in [0.1, 0.15) is 5.56 Å². The van der Waals surface area contributed by atoms with Crippen molar-refractivity contribution in [2.45, 2.75) is 6.92 Å². The highest BCUT2D eigenvalue weighted by Gasteiger charge is 2.22. The van der Waals surface area contributed by atoms with Crippen LogP contribution in [0, 0.1) is 6.92 Å². The number of amides is 1. The number of anilines is 1. The summed E-state index contributed by atoms with van der Waals surface area (Å²) in [5.41, 5.74) is 1.32. The Labute approximate surface area is 111 Å². The van der Waals surface area contributed by atoms with E-state index in [4.69, 9.17) is 5.11 Å². The number of benzene rings is 1. The first kappa shape index (κ1) is 15.2. The molecule has 19 heavy (non-hydrogen) atoms. The zero-order valence-corrected chi connectivity index (χ0v) is 11.5. The Balaban J connectivity index is 3.04. The van der Waals surface area contributed by atoms with Crippen LogP contribution in [0.15, 0.2) is 24.3 Å². The third-order valence-electron chi connectivity index (χ3n) is 2.33. The van der Waals surface area contributed by atoms with Crippen LogP contribution in [-0.4, -0.2) is 44.0 Å². The van der Waals surface area contributed by atoms with E-state index >= 15 is 0 Å². The average Bonchev–Trinajstić information content (AvgIpc) is 2.24. The van der Waals surface area contributed by atoms with Crippen molar-refractivity contribution in [1.29, 1.82) is 0 Å². The van der Waals surface area contributed by atoms with Crippen molar-refractivity contribution in [3.05, 3.63) is 29.8 Å². The van der Waals surface area contributed by atoms with Crippen LogP contribution in [-0.2, 0) is 19.4 Å². The molecule has 0 aliphatic heterocycles. The maximum absolute atomic E-state index is 11.9. The Morgan fingerprint density at radius 1 is 1.21 bits per heavy atom. The second kappa shape index (κ2) is 5.83. The van der Waals surface area contributed by atoms with Gasteiger partial charge in [0.1, 0.15) is 12.3 Å². The van der Waals surface area contributed by atoms with E-state index in [1.54, 1.807) is 24.3 Å². The number of hydrogen-bond acceptors (Lipinski definition) is 4. The van der Waals surface area contributed by atoms with Crippen molar-refractivity contribution in [3.63, 3.8) is 0 Å². The third-order valence-corrected chi connectivity index (χ3v) is 3.10. The van der Waals surface area contributed by atoms with E-state index in [-0.39, 0.29) is 0 Å². The molecule has 1 aromatic rings. The summed E-state index contributed by atoms with van der Waals surface area (Å²) in [6.07, 6.45) is 0.930. The van der Waals surface area contributed by atoms with E-state index in [1.165, 1.54) is 0 Å². The highest BCUT2D eigenvalue weighted by Crippen LogP contribution is 2.15. The summed E-state index contributed by atoms with van der Waals surface area (Å²) in [6, 6.07) is 6.60. The van der Waals surface area contributed by atoms with Crippen LogP contribution in [0.5, 0.6) is 0 Å². The van der Waals surface area contributed by atoms with E-state index in [9.17, 15) is 18.0 Å². The molecule has 0 aliphatic carbocycles. The van der Waals surface area contributed by atoms with Gasteiger partial charge in [0.25, 0.3) is 0 Å². The summed E-state index contributed by atoms with van der Waals surface area (Å²) in [5, 5.41) is 8.80. The zero-order valence-electron chi connectivity index (χ0n) is 10.7. The Bertz CT molecular complexity index is 577. The van der Waals surface area contributed by atoms with Gasteiger partial charge in [-0.2, -0.15) is 0 Å². The lowest BCUT2D eigenvalue weighted by atomic mass is 10.2. The molecule has 0 spiro atoms. The quantitative estimate of drug-likeness (QED) is 0.848. The molecule has 1 amide bonds. The van der Waals surface area contributed by atoms with Crippen molar-refractivity contribution >= 4 is 27.4 Å². The van der Waals surface area contributed by atoms with Crippen LogP contribution in [0.25, 0.3) is 0 Å². The molecule has 7 heteroatoms. The number of nitrogens with zero attached hydrogens (tertiary/aromatic N) is 1. The van der Waals surface area contributed by atoms with Gasteiger partial charge in [0, 0.05) is 11.9 Å². The van der Waals surface area contributed by atoms with Crippen LogP contribution in [0.2, 0.25) is 0 Å². The molecule has 0 unspecified atom stereocenters. The predicted octanol–water partition coefficient (Wildman–Crippen LogP) is 0.457. The lowest BCUT2D eigenvalue weighted by Gasteiger charge is -2.20. The number of aryl methyl sites for hydroxylation is 1. The minimum Gasteiger partial charge on any atom is -0.480 e. The fourth-order valence-electron chi connectivity index (χ4n) is 1.49. The lowest BCUT2D eigenvalue weighted by Crippen LogP contribution is -2.39. The minimum atomic E-state index is -3.50. The topological polar surface area (TPSA) is 91.8 Å². The SMILES string of the molecule is Cc1ccc(N(CC(=O)O)C(=O)CS(C)(=O)=O)cc1. The fraction of sp³-hybridized carbons (Fsp3) is 0.333. The maximum Gasteiger partial charge on any atom is 0.323 e. The Morgan fingerprint density at radius 3 is 2.16 bits per heavy atom. The first-order valence-electron chi connectivity index (χ1n) is 5.45. The first-order chi connectivity index (χ1) is 8.69. The van der Waals surface area contributed by atoms with E-state index < -0.39 is 34.0 Å². The summed E-state index contributed by atoms with van der Waals surface area (Å²) in [4.78, 5) is 23.6. The summed E-state index contributed by atoms with van der Waals surface area (Å²) in [6.45, 7) is 1.28. The molecule has 6 nitrogen and oxygen atoms in total. The fourth-order valence-corrected chi connectivity index (χ4v) is 2.09. The Morgan fingerprint density at radius 2 is 1.74 bits per heavy atom. The summed E-state index contributed by atoms with van der Waals surface area (Å²) < 4.78 is 22.2. The molecule has 0 saturated carbocycles. The van der Waals surface area contributed by atoms with Gasteiger partial charge in [-0.3, -0.25) is 9.59 Å². The van der Waals surface area contributed by atoms with Crippen molar-refractivity contribution in [1.82, 2.24) is 0 Å². The molecule has 0 bridgehead atoms. The lowest BCUT2D eigenvalue weighted by molar-refractivity contribution is -0.136. The van der Waals surface area contributed by atoms with E-state index in [0.29, 0.717) is 5.69 Å². The Hall–Kier alpha value is -1.89. The van der Waals surface area contributed by atoms with Gasteiger partial charge in [0.15, 0.2) is 9.84 Å². The van der Waals surface area contributed by atoms with Crippen molar-refractivity contribution in [2.75, 3.05) is 23.5 Å². The van der Waals surface area contributed by atoms with E-state index in [0.717, 1.165) is 16.7 Å². The van der Waals surface area contributed by atoms with E-state index in [1.807, 2.05) is 6.92 Å². The van der Waals surface area contributed by atoms with Crippen LogP contribution in [0.4, 0.5) is 5.69 Å². The highest BCUT2D eigenvalue weighted by atomic mass is 32.2. The second-order valence-electron chi connectivity index (χ2n) is 4.28. The van der Waals surface area contributed by atoms with Crippen molar-refractivity contribution in [3.8, 4) is 0 Å². The molecule has 1 N–H and O–H groups in total. The van der Waals surface area contributed by atoms with Gasteiger partial charge >= 0.3 is 5.97 Å². The predicted molar refractivity (Wildman–Crippen MR) is 70.9 cm³/mol. The van der Waals surface area contributed by atoms with Gasteiger partial charge in [-0.05, 0) is 19.1 Å². The van der Waals surface area contributed by atoms with Crippen LogP contribution >= 0.6 is 0 Å². The largest absolute Gasteiger partial charge is 0.480 e. The molecular formula is C12H15NO5S. The number of sulfone groups is 1. The van der Waals surface area contributed by atoms with Crippen molar-refractivity contribution < 1.29 is 23.1 Å². The van der Waals surface area contributed by atoms with Gasteiger partial charge in [-0.15, -0.1) is 0 Å². The van der Waals surface area contributed by atoms with Gasteiger partial charge in [-0.1, -0.05) is 17.7 Å². The first-order valence-corrected chi connectivity index (χ1v) is 7.51. The number of carboxylic acid groups (broad SMARTS) is 1. The molecule has 0 radical (unpaired) electrons. The standard InChI is InChI=1S/C12H15NO5S/c1-9-3-5-10(6-4-9)13(7-12(15)16)11(14)8-19(2,17)18/h3-6H,7-8H2,1-2H3,(H,15,16). The molecule has 1 aromatic carbocycles. The summed E-state index contributed by atoms with van der Waals surface area (Å²) >= 11 is 0. The number of hydrogen-bond donors (Lipinski definition) is 1. The second-order valence-corrected chi connectivity index (χ2v) is 6.42. The van der Waals surface area contributed by atoms with Gasteiger partial charge in [0.05, 0.1) is 0 Å². The maximum atomic E-state index is 11.9. The molecule has 0 heterocycles. The number of carboxylic acids is 1. The normalized spacial score (nSPS) is 11.1. The molecule has 0 fully saturated rings. The number of rotatable bonds is 5. The number of carbonyl (C=O) groups excluding carboxylic acids is 1. The van der Waals surface area contributed by atoms with Gasteiger partial charge in [0.2, 0.25) is 5.91 Å². The monoisotopic (exact) mass is 285 g/mol. The zero-order chi connectivity index (χ0) is 14.6. The molecule has 1 rings (SSSR count). The van der Waals surface area contributed by atoms with Gasteiger partial charge in [-0.25, -0.2) is 8.42 Å². The molecule has 0 aromatic heterocycles. The highest BCUT2D eigenvalue weighted by molar-refractivity contribution is 7.91. The van der Waals surface area contributed by atoms with Crippen LogP contribution in [0.3, 0.4) is 0 Å².